The van der Waals surface area contributed by atoms with Crippen molar-refractivity contribution in [1.82, 2.24) is 10.2 Å². The molecule has 0 aliphatic rings. The highest BCUT2D eigenvalue weighted by Gasteiger charge is 2.12. The molecule has 0 atom stereocenters. The highest BCUT2D eigenvalue weighted by Crippen LogP contribution is 2.28. The Morgan fingerprint density at radius 2 is 2.00 bits per heavy atom. The largest absolute Gasteiger partial charge is 0.451 e. The summed E-state index contributed by atoms with van der Waals surface area (Å²) in [7, 11) is 0. The zero-order chi connectivity index (χ0) is 11.1. The van der Waals surface area contributed by atoms with Gasteiger partial charge in [-0.1, -0.05) is 11.6 Å². The van der Waals surface area contributed by atoms with Gasteiger partial charge < -0.3 is 8.83 Å². The van der Waals surface area contributed by atoms with Crippen LogP contribution in [0.15, 0.2) is 37.9 Å². The summed E-state index contributed by atoms with van der Waals surface area (Å²) in [5, 5.41) is 8.60. The molecular formula is C11H7BrN2O2. The van der Waals surface area contributed by atoms with Crippen molar-refractivity contribution in [2.75, 3.05) is 0 Å². The summed E-state index contributed by atoms with van der Waals surface area (Å²) in [5.41, 5.74) is 2.00. The summed E-state index contributed by atoms with van der Waals surface area (Å²) in [6, 6.07) is 7.87. The second-order valence-corrected chi connectivity index (χ2v) is 4.19. The number of rotatable bonds is 1. The third-order valence-corrected chi connectivity index (χ3v) is 2.60. The quantitative estimate of drug-likeness (QED) is 0.683. The van der Waals surface area contributed by atoms with Gasteiger partial charge in [-0.05, 0) is 25.1 Å². The topological polar surface area (TPSA) is 52.1 Å². The zero-order valence-electron chi connectivity index (χ0n) is 8.40. The number of furan rings is 1. The molecule has 2 aromatic heterocycles. The van der Waals surface area contributed by atoms with Gasteiger partial charge in [0.15, 0.2) is 5.76 Å². The summed E-state index contributed by atoms with van der Waals surface area (Å²) in [5.74, 6) is 0.958. The van der Waals surface area contributed by atoms with E-state index in [4.69, 9.17) is 8.83 Å². The Morgan fingerprint density at radius 3 is 2.75 bits per heavy atom. The van der Waals surface area contributed by atoms with Crippen molar-refractivity contribution < 1.29 is 8.83 Å². The summed E-state index contributed by atoms with van der Waals surface area (Å²) in [6.45, 7) is 2.04. The fourth-order valence-electron chi connectivity index (χ4n) is 1.57. The van der Waals surface area contributed by atoms with E-state index in [0.717, 1.165) is 11.0 Å². The van der Waals surface area contributed by atoms with E-state index < -0.39 is 0 Å². The first kappa shape index (κ1) is 9.59. The molecule has 0 amide bonds. The zero-order valence-corrected chi connectivity index (χ0v) is 9.98. The highest BCUT2D eigenvalue weighted by atomic mass is 79.9. The fourth-order valence-corrected chi connectivity index (χ4v) is 1.81. The standard InChI is InChI=1S/C11H7BrN2O2/c1-6-2-3-8-7(4-6)5-9(15-8)10-13-14-11(12)16-10/h2-5H,1H3. The van der Waals surface area contributed by atoms with Gasteiger partial charge >= 0.3 is 0 Å². The van der Waals surface area contributed by atoms with Gasteiger partial charge in [-0.2, -0.15) is 0 Å². The molecule has 1 aromatic carbocycles. The second kappa shape index (κ2) is 3.45. The average Bonchev–Trinajstić information content (AvgIpc) is 2.83. The monoisotopic (exact) mass is 278 g/mol. The number of halogens is 1. The molecule has 4 nitrogen and oxygen atoms in total. The number of benzene rings is 1. The van der Waals surface area contributed by atoms with Crippen LogP contribution in [0, 0.1) is 6.92 Å². The maximum atomic E-state index is 5.61. The molecule has 3 aromatic rings. The molecule has 3 rings (SSSR count). The number of nitrogens with zero attached hydrogens (tertiary/aromatic N) is 2. The molecule has 0 N–H and O–H groups in total. The summed E-state index contributed by atoms with van der Waals surface area (Å²) in [4.78, 5) is 0.346. The molecule has 16 heavy (non-hydrogen) atoms. The van der Waals surface area contributed by atoms with Gasteiger partial charge in [0.2, 0.25) is 0 Å². The van der Waals surface area contributed by atoms with Crippen molar-refractivity contribution in [2.24, 2.45) is 0 Å². The molecule has 0 spiro atoms. The van der Waals surface area contributed by atoms with Crippen LogP contribution in [0.2, 0.25) is 0 Å². The number of fused-ring (bicyclic) bond motifs is 1. The lowest BCUT2D eigenvalue weighted by atomic mass is 10.2. The number of hydrogen-bond donors (Lipinski definition) is 0. The Kier molecular flexibility index (Phi) is 2.07. The molecule has 0 aliphatic heterocycles. The fraction of sp³-hybridized carbons (Fsp3) is 0.0909. The highest BCUT2D eigenvalue weighted by molar-refractivity contribution is 9.10. The van der Waals surface area contributed by atoms with Crippen LogP contribution in [0.5, 0.6) is 0 Å². The lowest BCUT2D eigenvalue weighted by Crippen LogP contribution is -1.71. The average molecular weight is 279 g/mol. The minimum atomic E-state index is 0.346. The Morgan fingerprint density at radius 1 is 1.12 bits per heavy atom. The van der Waals surface area contributed by atoms with E-state index in [2.05, 4.69) is 26.1 Å². The first-order valence-electron chi connectivity index (χ1n) is 4.72. The lowest BCUT2D eigenvalue weighted by molar-refractivity contribution is 0.512. The Bertz CT molecular complexity index is 657. The third kappa shape index (κ3) is 1.53. The molecule has 80 valence electrons. The van der Waals surface area contributed by atoms with Crippen LogP contribution in [0.25, 0.3) is 22.6 Å². The molecule has 5 heteroatoms. The molecule has 0 unspecified atom stereocenters. The Labute approximate surface area is 99.4 Å². The Hall–Kier alpha value is -1.62. The van der Waals surface area contributed by atoms with E-state index in [1.807, 2.05) is 31.2 Å². The van der Waals surface area contributed by atoms with Gasteiger partial charge in [0.25, 0.3) is 10.7 Å². The van der Waals surface area contributed by atoms with Crippen molar-refractivity contribution in [3.8, 4) is 11.7 Å². The number of aryl methyl sites for hydroxylation is 1. The van der Waals surface area contributed by atoms with Gasteiger partial charge in [-0.3, -0.25) is 0 Å². The predicted molar refractivity (Wildman–Crippen MR) is 61.9 cm³/mol. The van der Waals surface area contributed by atoms with Gasteiger partial charge in [-0.15, -0.1) is 10.2 Å². The molecule has 0 aliphatic carbocycles. The predicted octanol–water partition coefficient (Wildman–Crippen LogP) is 3.55. The SMILES string of the molecule is Cc1ccc2oc(-c3nnc(Br)o3)cc2c1. The van der Waals surface area contributed by atoms with Gasteiger partial charge in [0.1, 0.15) is 5.58 Å². The van der Waals surface area contributed by atoms with E-state index in [-0.39, 0.29) is 0 Å². The van der Waals surface area contributed by atoms with Crippen LogP contribution in [0.3, 0.4) is 0 Å². The van der Waals surface area contributed by atoms with E-state index in [0.29, 0.717) is 16.5 Å². The smallest absolute Gasteiger partial charge is 0.285 e. The second-order valence-electron chi connectivity index (χ2n) is 3.51. The lowest BCUT2D eigenvalue weighted by Gasteiger charge is -1.89. The van der Waals surface area contributed by atoms with Gasteiger partial charge in [0.05, 0.1) is 0 Å². The van der Waals surface area contributed by atoms with Crippen LogP contribution in [-0.4, -0.2) is 10.2 Å². The van der Waals surface area contributed by atoms with E-state index in [1.54, 1.807) is 0 Å². The van der Waals surface area contributed by atoms with Gasteiger partial charge in [0, 0.05) is 21.3 Å². The summed E-state index contributed by atoms with van der Waals surface area (Å²) >= 11 is 3.10. The molecule has 2 heterocycles. The first-order valence-corrected chi connectivity index (χ1v) is 5.51. The van der Waals surface area contributed by atoms with Crippen molar-refractivity contribution in [2.45, 2.75) is 6.92 Å². The third-order valence-electron chi connectivity index (χ3n) is 2.28. The number of hydrogen-bond acceptors (Lipinski definition) is 4. The van der Waals surface area contributed by atoms with Crippen LogP contribution < -0.4 is 0 Å². The van der Waals surface area contributed by atoms with Crippen molar-refractivity contribution in [3.05, 3.63) is 34.6 Å². The maximum absolute atomic E-state index is 5.61. The molecular weight excluding hydrogens is 272 g/mol. The molecule has 0 fully saturated rings. The van der Waals surface area contributed by atoms with Crippen molar-refractivity contribution in [1.29, 1.82) is 0 Å². The molecule has 0 saturated heterocycles. The molecule has 0 bridgehead atoms. The minimum Gasteiger partial charge on any atom is -0.451 e. The number of aromatic nitrogens is 2. The van der Waals surface area contributed by atoms with Crippen LogP contribution in [0.4, 0.5) is 0 Å². The first-order chi connectivity index (χ1) is 7.72. The minimum absolute atomic E-state index is 0.346. The van der Waals surface area contributed by atoms with Crippen LogP contribution in [0.1, 0.15) is 5.56 Å². The van der Waals surface area contributed by atoms with Crippen LogP contribution in [-0.2, 0) is 0 Å². The van der Waals surface area contributed by atoms with Gasteiger partial charge in [-0.25, -0.2) is 0 Å². The van der Waals surface area contributed by atoms with E-state index in [9.17, 15) is 0 Å². The normalized spacial score (nSPS) is 11.1. The maximum Gasteiger partial charge on any atom is 0.285 e. The van der Waals surface area contributed by atoms with Crippen molar-refractivity contribution >= 4 is 26.9 Å². The van der Waals surface area contributed by atoms with E-state index >= 15 is 0 Å². The molecule has 0 radical (unpaired) electrons. The van der Waals surface area contributed by atoms with Crippen molar-refractivity contribution in [3.63, 3.8) is 0 Å². The summed E-state index contributed by atoms with van der Waals surface area (Å²) in [6.07, 6.45) is 0. The van der Waals surface area contributed by atoms with E-state index in [1.165, 1.54) is 5.56 Å². The molecule has 0 saturated carbocycles. The Balaban J connectivity index is 2.18. The summed E-state index contributed by atoms with van der Waals surface area (Å²) < 4.78 is 10.8. The van der Waals surface area contributed by atoms with Crippen LogP contribution >= 0.6 is 15.9 Å².